The van der Waals surface area contributed by atoms with Crippen molar-refractivity contribution in [2.45, 2.75) is 39.3 Å². The minimum absolute atomic E-state index is 0.108. The number of ether oxygens (including phenoxy) is 2. The van der Waals surface area contributed by atoms with Crippen LogP contribution in [-0.2, 0) is 27.3 Å². The van der Waals surface area contributed by atoms with Crippen molar-refractivity contribution in [2.75, 3.05) is 25.6 Å². The second kappa shape index (κ2) is 16.1. The Morgan fingerprint density at radius 1 is 0.773 bits per heavy atom. The molecule has 4 rings (SSSR count). The summed E-state index contributed by atoms with van der Waals surface area (Å²) in [5, 5.41) is 3.24. The monoisotopic (exact) mass is 592 g/mol. The number of hydrogen-bond acceptors (Lipinski definition) is 6. The van der Waals surface area contributed by atoms with Gasteiger partial charge in [0.1, 0.15) is 18.4 Å². The summed E-state index contributed by atoms with van der Waals surface area (Å²) in [5.74, 6) is 0.488. The highest BCUT2D eigenvalue weighted by Crippen LogP contribution is 2.22. The maximum Gasteiger partial charge on any atom is 0.328 e. The van der Waals surface area contributed by atoms with Crippen molar-refractivity contribution >= 4 is 23.3 Å². The highest BCUT2D eigenvalue weighted by atomic mass is 16.5. The first kappa shape index (κ1) is 32.0. The molecule has 0 aliphatic heterocycles. The van der Waals surface area contributed by atoms with E-state index < -0.39 is 12.0 Å². The molecule has 0 bridgehead atoms. The van der Waals surface area contributed by atoms with Crippen LogP contribution in [0.25, 0.3) is 0 Å². The van der Waals surface area contributed by atoms with Crippen molar-refractivity contribution in [3.8, 4) is 5.75 Å². The van der Waals surface area contributed by atoms with Crippen LogP contribution in [-0.4, -0.2) is 48.9 Å². The molecule has 4 aromatic rings. The van der Waals surface area contributed by atoms with Crippen molar-refractivity contribution in [1.29, 1.82) is 0 Å². The van der Waals surface area contributed by atoms with Crippen LogP contribution in [0, 0.1) is 5.92 Å². The van der Waals surface area contributed by atoms with Gasteiger partial charge in [-0.2, -0.15) is 0 Å². The smallest absolute Gasteiger partial charge is 0.328 e. The Balaban J connectivity index is 1.39. The van der Waals surface area contributed by atoms with Gasteiger partial charge in [0.05, 0.1) is 13.7 Å². The molecule has 44 heavy (non-hydrogen) atoms. The summed E-state index contributed by atoms with van der Waals surface area (Å²) in [7, 11) is 1.35. The van der Waals surface area contributed by atoms with Crippen LogP contribution >= 0.6 is 0 Å². The zero-order valence-corrected chi connectivity index (χ0v) is 25.6. The van der Waals surface area contributed by atoms with Gasteiger partial charge in [0.2, 0.25) is 5.91 Å². The zero-order chi connectivity index (χ0) is 31.3. The third kappa shape index (κ3) is 9.30. The maximum absolute atomic E-state index is 13.2. The predicted octanol–water partition coefficient (Wildman–Crippen LogP) is 6.57. The summed E-state index contributed by atoms with van der Waals surface area (Å²) < 4.78 is 11.1. The standard InChI is InChI=1S/C37H40N2O5/c1-27(2)24-35(40)39(26-29-12-6-4-7-13-29)22-23-44-31-20-18-28(19-21-31)25-34(37(42)43-3)38-33-17-11-10-16-32(33)36(41)30-14-8-5-9-15-30/h4-21,27,34,38H,22-26H2,1-3H3/t34-/m0/s1. The van der Waals surface area contributed by atoms with Gasteiger partial charge in [0.25, 0.3) is 0 Å². The van der Waals surface area contributed by atoms with Crippen LogP contribution < -0.4 is 10.1 Å². The fourth-order valence-electron chi connectivity index (χ4n) is 4.88. The molecular formula is C37H40N2O5. The van der Waals surface area contributed by atoms with Gasteiger partial charge < -0.3 is 19.7 Å². The van der Waals surface area contributed by atoms with Crippen LogP contribution in [0.1, 0.15) is 47.3 Å². The number of rotatable bonds is 15. The third-order valence-corrected chi connectivity index (χ3v) is 7.17. The van der Waals surface area contributed by atoms with Gasteiger partial charge in [-0.05, 0) is 41.3 Å². The zero-order valence-electron chi connectivity index (χ0n) is 25.6. The number of nitrogens with one attached hydrogen (secondary N) is 1. The van der Waals surface area contributed by atoms with Crippen molar-refractivity contribution in [3.05, 3.63) is 131 Å². The van der Waals surface area contributed by atoms with Crippen LogP contribution in [0.15, 0.2) is 109 Å². The van der Waals surface area contributed by atoms with Crippen molar-refractivity contribution < 1.29 is 23.9 Å². The minimum atomic E-state index is -0.713. The summed E-state index contributed by atoms with van der Waals surface area (Å²) >= 11 is 0. The van der Waals surface area contributed by atoms with Crippen LogP contribution in [0.3, 0.4) is 0 Å². The summed E-state index contributed by atoms with van der Waals surface area (Å²) in [5.41, 5.74) is 3.58. The minimum Gasteiger partial charge on any atom is -0.492 e. The number of benzene rings is 4. The Morgan fingerprint density at radius 3 is 2.07 bits per heavy atom. The van der Waals surface area contributed by atoms with E-state index >= 15 is 0 Å². The number of ketones is 1. The number of carbonyl (C=O) groups excluding carboxylic acids is 3. The average molecular weight is 593 g/mol. The number of hydrogen-bond donors (Lipinski definition) is 1. The number of esters is 1. The second-order valence-electron chi connectivity index (χ2n) is 11.1. The molecule has 0 spiro atoms. The molecule has 7 heteroatoms. The highest BCUT2D eigenvalue weighted by molar-refractivity contribution is 6.12. The Bertz CT molecular complexity index is 1500. The largest absolute Gasteiger partial charge is 0.492 e. The number of para-hydroxylation sites is 1. The topological polar surface area (TPSA) is 84.9 Å². The van der Waals surface area contributed by atoms with Crippen LogP contribution in [0.2, 0.25) is 0 Å². The van der Waals surface area contributed by atoms with E-state index in [1.54, 1.807) is 30.3 Å². The van der Waals surface area contributed by atoms with Crippen molar-refractivity contribution in [1.82, 2.24) is 4.90 Å². The first-order valence-corrected chi connectivity index (χ1v) is 14.9. The van der Waals surface area contributed by atoms with Gasteiger partial charge in [-0.25, -0.2) is 4.79 Å². The molecule has 1 atom stereocenters. The second-order valence-corrected chi connectivity index (χ2v) is 11.1. The predicted molar refractivity (Wildman–Crippen MR) is 173 cm³/mol. The van der Waals surface area contributed by atoms with Crippen molar-refractivity contribution in [3.63, 3.8) is 0 Å². The molecule has 0 aliphatic rings. The van der Waals surface area contributed by atoms with Gasteiger partial charge >= 0.3 is 5.97 Å². The summed E-state index contributed by atoms with van der Waals surface area (Å²) in [6, 6.07) is 32.9. The molecule has 1 amide bonds. The Labute approximate surface area is 259 Å². The fourth-order valence-corrected chi connectivity index (χ4v) is 4.88. The maximum atomic E-state index is 13.2. The number of amides is 1. The van der Waals surface area contributed by atoms with Crippen LogP contribution in [0.5, 0.6) is 5.75 Å². The van der Waals surface area contributed by atoms with Gasteiger partial charge in [-0.1, -0.05) is 98.8 Å². The lowest BCUT2D eigenvalue weighted by atomic mass is 10.00. The Morgan fingerprint density at radius 2 is 1.41 bits per heavy atom. The Hall–Kier alpha value is -4.91. The molecule has 0 unspecified atom stereocenters. The summed E-state index contributed by atoms with van der Waals surface area (Å²) in [6.45, 7) is 5.45. The first-order valence-electron chi connectivity index (χ1n) is 14.9. The molecule has 0 aromatic heterocycles. The molecule has 0 aliphatic carbocycles. The molecule has 0 saturated heterocycles. The van der Waals surface area contributed by atoms with E-state index in [-0.39, 0.29) is 17.6 Å². The third-order valence-electron chi connectivity index (χ3n) is 7.17. The lowest BCUT2D eigenvalue weighted by Crippen LogP contribution is -2.34. The van der Waals surface area contributed by atoms with Crippen molar-refractivity contribution in [2.24, 2.45) is 5.92 Å². The Kier molecular flexibility index (Phi) is 11.7. The fraction of sp³-hybridized carbons (Fsp3) is 0.270. The van der Waals surface area contributed by atoms with Gasteiger partial charge in [0.15, 0.2) is 5.78 Å². The quantitative estimate of drug-likeness (QED) is 0.124. The van der Waals surface area contributed by atoms with E-state index in [0.717, 1.165) is 11.1 Å². The number of carbonyl (C=O) groups is 3. The normalized spacial score (nSPS) is 11.5. The molecule has 4 aromatic carbocycles. The SMILES string of the molecule is COC(=O)[C@H](Cc1ccc(OCCN(Cc2ccccc2)C(=O)CC(C)C)cc1)Nc1ccccc1C(=O)c1ccccc1. The van der Waals surface area contributed by atoms with Gasteiger partial charge in [-0.3, -0.25) is 9.59 Å². The van der Waals surface area contributed by atoms with E-state index in [1.165, 1.54) is 7.11 Å². The van der Waals surface area contributed by atoms with Crippen LogP contribution in [0.4, 0.5) is 5.69 Å². The summed E-state index contributed by atoms with van der Waals surface area (Å²) in [4.78, 5) is 40.7. The molecule has 7 nitrogen and oxygen atoms in total. The lowest BCUT2D eigenvalue weighted by Gasteiger charge is -2.24. The molecule has 0 heterocycles. The van der Waals surface area contributed by atoms with E-state index in [0.29, 0.717) is 55.1 Å². The molecule has 228 valence electrons. The van der Waals surface area contributed by atoms with E-state index in [9.17, 15) is 14.4 Å². The summed E-state index contributed by atoms with van der Waals surface area (Å²) in [6.07, 6.45) is 0.831. The van der Waals surface area contributed by atoms with Gasteiger partial charge in [0, 0.05) is 36.2 Å². The molecule has 0 radical (unpaired) electrons. The molecular weight excluding hydrogens is 552 g/mol. The van der Waals surface area contributed by atoms with E-state index in [2.05, 4.69) is 5.32 Å². The molecule has 1 N–H and O–H groups in total. The lowest BCUT2D eigenvalue weighted by molar-refractivity contribution is -0.141. The number of anilines is 1. The first-order chi connectivity index (χ1) is 21.3. The number of methoxy groups -OCH3 is 1. The average Bonchev–Trinajstić information content (AvgIpc) is 3.05. The molecule has 0 fully saturated rings. The number of nitrogens with zero attached hydrogens (tertiary/aromatic N) is 1. The van der Waals surface area contributed by atoms with E-state index in [4.69, 9.17) is 9.47 Å². The molecule has 0 saturated carbocycles. The van der Waals surface area contributed by atoms with E-state index in [1.807, 2.05) is 97.6 Å². The highest BCUT2D eigenvalue weighted by Gasteiger charge is 2.23. The van der Waals surface area contributed by atoms with Gasteiger partial charge in [-0.15, -0.1) is 0 Å².